The van der Waals surface area contributed by atoms with E-state index in [9.17, 15) is 11.9 Å². The number of hydrogen-bond acceptors (Lipinski definition) is 6. The Kier molecular flexibility index (Phi) is 20.1. The molecule has 0 radical (unpaired) electrons. The van der Waals surface area contributed by atoms with E-state index in [0.29, 0.717) is 90.2 Å². The van der Waals surface area contributed by atoms with Crippen molar-refractivity contribution in [3.05, 3.63) is 367 Å². The first-order valence-corrected chi connectivity index (χ1v) is 43.3. The molecule has 1 unspecified atom stereocenters. The van der Waals surface area contributed by atoms with Crippen LogP contribution in [0, 0.1) is 119 Å². The number of furan rings is 4. The smallest absolute Gasteiger partial charge is 0.216 e. The van der Waals surface area contributed by atoms with Gasteiger partial charge >= 0.3 is 0 Å². The number of nitriles is 2. The molecule has 130 heavy (non-hydrogen) atoms. The first-order chi connectivity index (χ1) is 66.5. The summed E-state index contributed by atoms with van der Waals surface area (Å²) in [6, 6.07) is 84.5. The summed E-state index contributed by atoms with van der Waals surface area (Å²) in [5.74, 6) is -2.70. The molecule has 0 aliphatic carbocycles. The van der Waals surface area contributed by atoms with Gasteiger partial charge in [0.25, 0.3) is 0 Å². The molecule has 0 fully saturated rings. The van der Waals surface area contributed by atoms with Crippen molar-refractivity contribution in [2.75, 3.05) is 0 Å². The van der Waals surface area contributed by atoms with Crippen molar-refractivity contribution in [2.24, 2.45) is 28.2 Å². The number of pyridine rings is 4. The van der Waals surface area contributed by atoms with Gasteiger partial charge < -0.3 is 17.7 Å². The SMILES string of the molecule is Cc1cc(C)[n+](C)c(-c2c(C)ccc3c2oc2c(-c4ccccc4)ccc(C#N)c23)c1.[2H]C([2H])([2H])c1ccc(-c2c(C)ccc3c2oc2c(-c4ccccc4)ccc(C#N)c23)[n+](C)c1C.[2H]c1c(C)c(C([2H])(C)C([2H])([2H])[2H])c(C)[n+](C)c1-c1c(C)ccc2c1oc1c(-c3ccccc3)cc([N+]#[C-])cc12.[2H]c1c(C)c(C([2H])(C)C)c(C)[n+](C)c1-c1c(C)ccc2c1oc1c(-c3ccccc3)cc([N+]#[C-])cc12. The predicted molar refractivity (Wildman–Crippen MR) is 530 cm³/mol. The highest BCUT2D eigenvalue weighted by Gasteiger charge is 2.32. The Morgan fingerprint density at radius 1 is 0.338 bits per heavy atom. The van der Waals surface area contributed by atoms with E-state index in [1.54, 1.807) is 31.5 Å². The average Bonchev–Trinajstić information content (AvgIpc) is 1.31. The lowest BCUT2D eigenvalue weighted by Gasteiger charge is -2.15. The summed E-state index contributed by atoms with van der Waals surface area (Å²) in [6.07, 6.45) is 0. The largest absolute Gasteiger partial charge is 0.455 e. The minimum absolute atomic E-state index is 0.155. The quantitative estimate of drug-likeness (QED) is 0.0992. The second-order valence-electron chi connectivity index (χ2n) is 34.1. The van der Waals surface area contributed by atoms with Crippen molar-refractivity contribution in [3.63, 3.8) is 0 Å². The maximum Gasteiger partial charge on any atom is 0.216 e. The second-order valence-corrected chi connectivity index (χ2v) is 34.1. The lowest BCUT2D eigenvalue weighted by molar-refractivity contribution is -0.667. The standard InChI is InChI=1S/2C31H29N2O.2C28H23N2O/c2*1-18(2)28-20(4)15-27(33(7)21(28)5)29-19(3)13-14-24-26-17-23(32-6)16-25(30(26)34-31(24)29)22-11-9-8-10-12-22;1-17-11-15-24(30(4)19(17)3)25-18(2)10-13-23-26-21(16-29)12-14-22(27(26)31-28(23)25)20-8-6-5-7-9-20;1-17-14-19(3)30(4)24(15-17)25-18(2)10-12-23-26-21(16-29)11-13-22(27(26)31-28(23)25)20-8-6-5-7-9-20/h2*8-18H,1-5,7H3;2*5-15H,1-4H3/q4*+1/i1D3,15D,18D;15D,18D;1D3;. The Morgan fingerprint density at radius 2 is 0.692 bits per heavy atom. The van der Waals surface area contributed by atoms with E-state index in [1.807, 2.05) is 273 Å². The van der Waals surface area contributed by atoms with Crippen LogP contribution < -0.4 is 18.3 Å². The maximum absolute atomic E-state index is 9.85. The summed E-state index contributed by atoms with van der Waals surface area (Å²) in [5.41, 5.74) is 34.0. The van der Waals surface area contributed by atoms with Crippen molar-refractivity contribution in [2.45, 2.75) is 122 Å². The van der Waals surface area contributed by atoms with Crippen LogP contribution in [0.2, 0.25) is 0 Å². The van der Waals surface area contributed by atoms with Gasteiger partial charge in [0.1, 0.15) is 72.9 Å². The average molecular weight is 1710 g/mol. The van der Waals surface area contributed by atoms with E-state index < -0.39 is 25.5 Å². The van der Waals surface area contributed by atoms with E-state index in [0.717, 1.165) is 183 Å². The van der Waals surface area contributed by atoms with Crippen LogP contribution in [-0.4, -0.2) is 0 Å². The fourth-order valence-corrected chi connectivity index (χ4v) is 18.9. The van der Waals surface area contributed by atoms with Gasteiger partial charge in [-0.2, -0.15) is 28.8 Å². The first kappa shape index (κ1) is 74.6. The van der Waals surface area contributed by atoms with Crippen molar-refractivity contribution in [3.8, 4) is 102 Å². The summed E-state index contributed by atoms with van der Waals surface area (Å²) in [6.45, 7) is 37.4. The van der Waals surface area contributed by atoms with E-state index in [1.165, 1.54) is 18.2 Å². The predicted octanol–water partition coefficient (Wildman–Crippen LogP) is 29.8. The Balaban J connectivity index is 0.000000129. The third kappa shape index (κ3) is 15.2. The summed E-state index contributed by atoms with van der Waals surface area (Å²) < 4.78 is 118. The molecular formula is C118H104N8O4+4. The molecule has 1 atom stereocenters. The van der Waals surface area contributed by atoms with Crippen molar-refractivity contribution in [1.29, 1.82) is 10.5 Å². The molecule has 8 aromatic heterocycles. The molecule has 8 heterocycles. The lowest BCUT2D eigenvalue weighted by atomic mass is 9.93. The molecule has 0 spiro atoms. The number of benzene rings is 12. The van der Waals surface area contributed by atoms with E-state index in [2.05, 4.69) is 96.7 Å². The lowest BCUT2D eigenvalue weighted by Crippen LogP contribution is -2.37. The van der Waals surface area contributed by atoms with E-state index >= 15 is 0 Å². The van der Waals surface area contributed by atoms with E-state index in [4.69, 9.17) is 43.1 Å². The molecular weight excluding hydrogens is 1590 g/mol. The fraction of sp³-hybridized carbons (Fsp3) is 0.186. The Bertz CT molecular complexity index is 8650. The van der Waals surface area contributed by atoms with Gasteiger partial charge in [0, 0.05) is 151 Å². The zero-order chi connectivity index (χ0) is 100. The zero-order valence-corrected chi connectivity index (χ0v) is 76.3. The molecule has 0 bridgehead atoms. The summed E-state index contributed by atoms with van der Waals surface area (Å²) in [4.78, 5) is 7.44. The monoisotopic (exact) mass is 1710 g/mol. The molecule has 12 aromatic carbocycles. The van der Waals surface area contributed by atoms with Crippen LogP contribution in [0.4, 0.5) is 11.4 Å². The first-order valence-electron chi connectivity index (χ1n) is 48.3. The van der Waals surface area contributed by atoms with Crippen LogP contribution in [0.15, 0.2) is 272 Å². The zero-order valence-electron chi connectivity index (χ0n) is 86.3. The van der Waals surface area contributed by atoms with Gasteiger partial charge in [0.2, 0.25) is 22.8 Å². The van der Waals surface area contributed by atoms with Crippen LogP contribution in [0.25, 0.3) is 187 Å². The third-order valence-corrected chi connectivity index (χ3v) is 25.7. The molecule has 636 valence electrons. The molecule has 0 saturated carbocycles. The highest BCUT2D eigenvalue weighted by atomic mass is 16.3. The Hall–Kier alpha value is -15.6. The Labute approximate surface area is 774 Å². The number of rotatable bonds is 10. The topological polar surface area (TPSA) is 124 Å². The van der Waals surface area contributed by atoms with Crippen molar-refractivity contribution >= 4 is 99.1 Å². The van der Waals surface area contributed by atoms with Gasteiger partial charge in [0.05, 0.1) is 61.4 Å². The van der Waals surface area contributed by atoms with Crippen molar-refractivity contribution in [1.82, 2.24) is 0 Å². The maximum atomic E-state index is 9.85. The molecule has 20 rings (SSSR count). The van der Waals surface area contributed by atoms with Crippen LogP contribution in [0.5, 0.6) is 0 Å². The van der Waals surface area contributed by atoms with Gasteiger partial charge in [-0.3, -0.25) is 0 Å². The number of fused-ring (bicyclic) bond motifs is 12. The van der Waals surface area contributed by atoms with Crippen LogP contribution in [0.3, 0.4) is 0 Å². The number of nitrogens with zero attached hydrogens (tertiary/aromatic N) is 8. The molecule has 12 nitrogen and oxygen atoms in total. The normalized spacial score (nSPS) is 13.2. The molecule has 0 aliphatic heterocycles. The molecule has 0 aliphatic rings. The van der Waals surface area contributed by atoms with Gasteiger partial charge in [-0.1, -0.05) is 197 Å². The Morgan fingerprint density at radius 3 is 1.08 bits per heavy atom. The number of hydrogen-bond donors (Lipinski definition) is 0. The van der Waals surface area contributed by atoms with Gasteiger partial charge in [-0.25, -0.2) is 9.69 Å². The third-order valence-electron chi connectivity index (χ3n) is 25.7. The fourth-order valence-electron chi connectivity index (χ4n) is 18.9. The molecule has 0 amide bonds. The van der Waals surface area contributed by atoms with E-state index in [-0.39, 0.29) is 6.04 Å². The molecule has 12 heteroatoms. The minimum Gasteiger partial charge on any atom is -0.455 e. The summed E-state index contributed by atoms with van der Waals surface area (Å²) >= 11 is 0. The van der Waals surface area contributed by atoms with Crippen LogP contribution >= 0.6 is 0 Å². The van der Waals surface area contributed by atoms with Crippen LogP contribution in [0.1, 0.15) is 143 Å². The molecule has 20 aromatic rings. The molecule has 0 N–H and O–H groups in total. The van der Waals surface area contributed by atoms with Crippen molar-refractivity contribution < 1.29 is 49.6 Å². The highest BCUT2D eigenvalue weighted by Crippen LogP contribution is 2.49. The van der Waals surface area contributed by atoms with Crippen LogP contribution in [-0.2, 0) is 28.2 Å². The molecule has 0 saturated heterocycles. The number of aromatic nitrogens is 4. The van der Waals surface area contributed by atoms with Gasteiger partial charge in [-0.15, -0.1) is 0 Å². The summed E-state index contributed by atoms with van der Waals surface area (Å²) in [5, 5.41) is 26.7. The highest BCUT2D eigenvalue weighted by molar-refractivity contribution is 6.19. The second kappa shape index (κ2) is 35.0. The summed E-state index contributed by atoms with van der Waals surface area (Å²) in [7, 11) is 7.72. The van der Waals surface area contributed by atoms with Gasteiger partial charge in [0.15, 0.2) is 34.2 Å². The van der Waals surface area contributed by atoms with Gasteiger partial charge in [-0.05, 0) is 183 Å². The minimum atomic E-state index is -2.56. The number of aryl methyl sites for hydroxylation is 7.